The van der Waals surface area contributed by atoms with Gasteiger partial charge in [-0.1, -0.05) is 12.1 Å². The van der Waals surface area contributed by atoms with E-state index in [2.05, 4.69) is 6.58 Å². The first-order chi connectivity index (χ1) is 15.5. The molecule has 2 aromatic heterocycles. The highest BCUT2D eigenvalue weighted by atomic mass is 32.1. The number of hydrogen-bond acceptors (Lipinski definition) is 6. The first-order valence-electron chi connectivity index (χ1n) is 10.2. The number of carbonyl (C=O) groups excluding carboxylic acids is 2. The Bertz CT molecular complexity index is 1110. The third-order valence-corrected chi connectivity index (χ3v) is 6.17. The van der Waals surface area contributed by atoms with Crippen LogP contribution in [-0.4, -0.2) is 41.5 Å². The molecular weight excluding hydrogens is 428 g/mol. The van der Waals surface area contributed by atoms with E-state index >= 15 is 0 Å². The van der Waals surface area contributed by atoms with Crippen LogP contribution in [0.25, 0.3) is 0 Å². The summed E-state index contributed by atoms with van der Waals surface area (Å²) in [6.45, 7) is 6.92. The van der Waals surface area contributed by atoms with Crippen LogP contribution in [0.4, 0.5) is 0 Å². The minimum absolute atomic E-state index is 0.0828. The summed E-state index contributed by atoms with van der Waals surface area (Å²) in [6, 6.07) is 10.9. The van der Waals surface area contributed by atoms with Gasteiger partial charge in [0, 0.05) is 18.0 Å². The Balaban J connectivity index is 1.55. The second-order valence-corrected chi connectivity index (χ2v) is 8.42. The molecule has 8 heteroatoms. The zero-order valence-electron chi connectivity index (χ0n) is 17.8. The number of fused-ring (bicyclic) bond motifs is 1. The summed E-state index contributed by atoms with van der Waals surface area (Å²) in [7, 11) is 0. The van der Waals surface area contributed by atoms with Crippen molar-refractivity contribution in [1.29, 1.82) is 0 Å². The minimum atomic E-state index is -0.349. The van der Waals surface area contributed by atoms with Crippen molar-refractivity contribution in [1.82, 2.24) is 9.80 Å². The van der Waals surface area contributed by atoms with Gasteiger partial charge >= 0.3 is 0 Å². The van der Waals surface area contributed by atoms with Crippen LogP contribution in [0.3, 0.4) is 0 Å². The molecule has 0 unspecified atom stereocenters. The summed E-state index contributed by atoms with van der Waals surface area (Å²) in [6.07, 6.45) is 3.03. The van der Waals surface area contributed by atoms with E-state index in [1.54, 1.807) is 34.4 Å². The number of ether oxygens (including phenoxy) is 2. The van der Waals surface area contributed by atoms with Crippen LogP contribution in [-0.2, 0) is 17.9 Å². The number of rotatable bonds is 9. The zero-order valence-corrected chi connectivity index (χ0v) is 18.6. The molecule has 0 spiro atoms. The first-order valence-corrected chi connectivity index (χ1v) is 11.1. The lowest BCUT2D eigenvalue weighted by Gasteiger charge is -2.27. The number of benzene rings is 1. The quantitative estimate of drug-likeness (QED) is 0.454. The second kappa shape index (κ2) is 9.74. The van der Waals surface area contributed by atoms with E-state index in [0.29, 0.717) is 24.6 Å². The van der Waals surface area contributed by atoms with Gasteiger partial charge in [0.05, 0.1) is 12.8 Å². The van der Waals surface area contributed by atoms with Gasteiger partial charge in [0.25, 0.3) is 5.91 Å². The molecular formula is C24H24N2O5S. The van der Waals surface area contributed by atoms with Crippen molar-refractivity contribution in [2.45, 2.75) is 20.0 Å². The lowest BCUT2D eigenvalue weighted by atomic mass is 10.1. The van der Waals surface area contributed by atoms with E-state index < -0.39 is 0 Å². The van der Waals surface area contributed by atoms with Crippen molar-refractivity contribution in [3.63, 3.8) is 0 Å². The SMILES string of the molecule is C=CCN(CC(=O)N(Cc1ccc2c(c1)OCO2)Cc1sccc1C)C(=O)c1ccco1. The van der Waals surface area contributed by atoms with Crippen molar-refractivity contribution in [3.8, 4) is 11.5 Å². The molecule has 2 amide bonds. The van der Waals surface area contributed by atoms with Crippen molar-refractivity contribution in [3.05, 3.63) is 82.5 Å². The molecule has 32 heavy (non-hydrogen) atoms. The topological polar surface area (TPSA) is 72.2 Å². The molecule has 0 fully saturated rings. The second-order valence-electron chi connectivity index (χ2n) is 7.42. The fraction of sp³-hybridized carbons (Fsp3) is 0.250. The van der Waals surface area contributed by atoms with E-state index in [1.165, 1.54) is 11.2 Å². The third kappa shape index (κ3) is 4.86. The highest BCUT2D eigenvalue weighted by Crippen LogP contribution is 2.33. The van der Waals surface area contributed by atoms with Gasteiger partial charge in [-0.15, -0.1) is 17.9 Å². The van der Waals surface area contributed by atoms with Gasteiger partial charge in [-0.05, 0) is 53.8 Å². The Morgan fingerprint density at radius 1 is 1.12 bits per heavy atom. The van der Waals surface area contributed by atoms with E-state index in [1.807, 2.05) is 36.6 Å². The Morgan fingerprint density at radius 2 is 1.97 bits per heavy atom. The Hall–Kier alpha value is -3.52. The van der Waals surface area contributed by atoms with Crippen LogP contribution in [0.5, 0.6) is 11.5 Å². The van der Waals surface area contributed by atoms with Crippen LogP contribution in [0.1, 0.15) is 26.6 Å². The van der Waals surface area contributed by atoms with Crippen LogP contribution in [0, 0.1) is 6.92 Å². The molecule has 0 saturated heterocycles. The Morgan fingerprint density at radius 3 is 2.69 bits per heavy atom. The average molecular weight is 453 g/mol. The van der Waals surface area contributed by atoms with Crippen LogP contribution >= 0.6 is 11.3 Å². The predicted octanol–water partition coefficient (Wildman–Crippen LogP) is 4.24. The van der Waals surface area contributed by atoms with Gasteiger partial charge in [0.15, 0.2) is 17.3 Å². The Kier molecular flexibility index (Phi) is 6.61. The number of hydrogen-bond donors (Lipinski definition) is 0. The predicted molar refractivity (Wildman–Crippen MR) is 121 cm³/mol. The monoisotopic (exact) mass is 452 g/mol. The molecule has 1 aliphatic rings. The van der Waals surface area contributed by atoms with E-state index in [4.69, 9.17) is 13.9 Å². The fourth-order valence-electron chi connectivity index (χ4n) is 3.43. The summed E-state index contributed by atoms with van der Waals surface area (Å²) in [5.74, 6) is 1.04. The number of carbonyl (C=O) groups is 2. The standard InChI is InChI=1S/C24H24N2O5S/c1-3-9-25(24(28)20-5-4-10-29-20)15-23(27)26(14-22-17(2)8-11-32-22)13-18-6-7-19-21(12-18)31-16-30-19/h3-8,10-12H,1,9,13-16H2,2H3. The van der Waals surface area contributed by atoms with Crippen LogP contribution < -0.4 is 9.47 Å². The van der Waals surface area contributed by atoms with Gasteiger partial charge in [0.2, 0.25) is 12.7 Å². The van der Waals surface area contributed by atoms with Crippen LogP contribution in [0.15, 0.2) is 65.1 Å². The highest BCUT2D eigenvalue weighted by molar-refractivity contribution is 7.10. The lowest BCUT2D eigenvalue weighted by Crippen LogP contribution is -2.42. The molecule has 0 N–H and O–H groups in total. The van der Waals surface area contributed by atoms with Gasteiger partial charge in [-0.3, -0.25) is 9.59 Å². The van der Waals surface area contributed by atoms with Crippen molar-refractivity contribution in [2.75, 3.05) is 19.9 Å². The lowest BCUT2D eigenvalue weighted by molar-refractivity contribution is -0.133. The summed E-state index contributed by atoms with van der Waals surface area (Å²) in [4.78, 5) is 30.5. The molecule has 166 valence electrons. The smallest absolute Gasteiger partial charge is 0.290 e. The van der Waals surface area contributed by atoms with Crippen molar-refractivity contribution in [2.24, 2.45) is 0 Å². The molecule has 1 aliphatic heterocycles. The number of nitrogens with zero attached hydrogens (tertiary/aromatic N) is 2. The average Bonchev–Trinajstić information content (AvgIpc) is 3.55. The molecule has 0 aliphatic carbocycles. The third-order valence-electron chi connectivity index (χ3n) is 5.16. The van der Waals surface area contributed by atoms with Crippen molar-refractivity contribution < 1.29 is 23.5 Å². The van der Waals surface area contributed by atoms with Crippen LogP contribution in [0.2, 0.25) is 0 Å². The van der Waals surface area contributed by atoms with Gasteiger partial charge in [-0.25, -0.2) is 0 Å². The molecule has 4 rings (SSSR count). The Labute approximate surface area is 190 Å². The maximum atomic E-state index is 13.4. The maximum absolute atomic E-state index is 13.4. The molecule has 0 bridgehead atoms. The van der Waals surface area contributed by atoms with E-state index in [-0.39, 0.29) is 37.5 Å². The van der Waals surface area contributed by atoms with E-state index in [0.717, 1.165) is 16.0 Å². The highest BCUT2D eigenvalue weighted by Gasteiger charge is 2.24. The van der Waals surface area contributed by atoms with Gasteiger partial charge in [-0.2, -0.15) is 0 Å². The molecule has 3 aromatic rings. The minimum Gasteiger partial charge on any atom is -0.459 e. The molecule has 7 nitrogen and oxygen atoms in total. The molecule has 0 saturated carbocycles. The van der Waals surface area contributed by atoms with Crippen molar-refractivity contribution >= 4 is 23.2 Å². The molecule has 1 aromatic carbocycles. The maximum Gasteiger partial charge on any atom is 0.290 e. The van der Waals surface area contributed by atoms with Gasteiger partial charge < -0.3 is 23.7 Å². The largest absolute Gasteiger partial charge is 0.459 e. The number of aryl methyl sites for hydroxylation is 1. The molecule has 3 heterocycles. The number of furan rings is 1. The number of thiophene rings is 1. The summed E-state index contributed by atoms with van der Waals surface area (Å²) in [5.41, 5.74) is 2.05. The normalized spacial score (nSPS) is 11.9. The molecule has 0 atom stereocenters. The summed E-state index contributed by atoms with van der Waals surface area (Å²) >= 11 is 1.61. The van der Waals surface area contributed by atoms with E-state index in [9.17, 15) is 9.59 Å². The zero-order chi connectivity index (χ0) is 22.5. The van der Waals surface area contributed by atoms with Gasteiger partial charge in [0.1, 0.15) is 6.54 Å². The number of amides is 2. The fourth-order valence-corrected chi connectivity index (χ4v) is 4.35. The summed E-state index contributed by atoms with van der Waals surface area (Å²) in [5, 5.41) is 2.01. The first kappa shape index (κ1) is 21.7. The summed E-state index contributed by atoms with van der Waals surface area (Å²) < 4.78 is 16.1. The molecule has 0 radical (unpaired) electrons.